The number of rotatable bonds is 5. The maximum atomic E-state index is 10.8. The molecule has 1 atom stereocenters. The summed E-state index contributed by atoms with van der Waals surface area (Å²) in [5.74, 6) is -0.279. The average molecular weight is 224 g/mol. The molecule has 0 saturated heterocycles. The van der Waals surface area contributed by atoms with Gasteiger partial charge in [0.05, 0.1) is 6.10 Å². The summed E-state index contributed by atoms with van der Waals surface area (Å²) in [6.07, 6.45) is -0.823. The number of benzene rings is 1. The van der Waals surface area contributed by atoms with Crippen molar-refractivity contribution < 1.29 is 19.4 Å². The second-order valence-electron chi connectivity index (χ2n) is 3.69. The molecule has 0 fully saturated rings. The SMILES string of the molecule is COC(C(=O)O)c1ccc(OC(C)C)cc1. The second-order valence-corrected chi connectivity index (χ2v) is 3.69. The minimum Gasteiger partial charge on any atom is -0.491 e. The Hall–Kier alpha value is -1.55. The first kappa shape index (κ1) is 12.5. The van der Waals surface area contributed by atoms with E-state index in [2.05, 4.69) is 0 Å². The molecule has 0 heterocycles. The molecule has 0 bridgehead atoms. The van der Waals surface area contributed by atoms with Gasteiger partial charge >= 0.3 is 5.97 Å². The Labute approximate surface area is 94.8 Å². The number of methoxy groups -OCH3 is 1. The zero-order valence-electron chi connectivity index (χ0n) is 9.64. The highest BCUT2D eigenvalue weighted by molar-refractivity contribution is 5.74. The predicted octanol–water partition coefficient (Wildman–Crippen LogP) is 2.25. The third-order valence-corrected chi connectivity index (χ3v) is 2.01. The van der Waals surface area contributed by atoms with Crippen molar-refractivity contribution in [2.45, 2.75) is 26.1 Å². The van der Waals surface area contributed by atoms with Gasteiger partial charge in [0.2, 0.25) is 0 Å². The lowest BCUT2D eigenvalue weighted by molar-refractivity contribution is -0.148. The van der Waals surface area contributed by atoms with Crippen LogP contribution >= 0.6 is 0 Å². The monoisotopic (exact) mass is 224 g/mol. The van der Waals surface area contributed by atoms with Crippen LogP contribution in [0.3, 0.4) is 0 Å². The van der Waals surface area contributed by atoms with E-state index in [1.54, 1.807) is 24.3 Å². The predicted molar refractivity (Wildman–Crippen MR) is 59.6 cm³/mol. The van der Waals surface area contributed by atoms with Crippen LogP contribution in [0, 0.1) is 0 Å². The first-order valence-corrected chi connectivity index (χ1v) is 5.06. The Balaban J connectivity index is 2.81. The molecule has 1 rings (SSSR count). The number of carboxylic acid groups (broad SMARTS) is 1. The molecule has 88 valence electrons. The molecule has 16 heavy (non-hydrogen) atoms. The molecule has 1 N–H and O–H groups in total. The molecule has 0 aromatic heterocycles. The van der Waals surface area contributed by atoms with Gasteiger partial charge in [-0.25, -0.2) is 4.79 Å². The van der Waals surface area contributed by atoms with Crippen molar-refractivity contribution in [3.8, 4) is 5.75 Å². The molecule has 0 aliphatic carbocycles. The molecule has 1 aromatic rings. The molecule has 0 aliphatic heterocycles. The summed E-state index contributed by atoms with van der Waals surface area (Å²) in [6.45, 7) is 3.87. The maximum Gasteiger partial charge on any atom is 0.337 e. The van der Waals surface area contributed by atoms with Gasteiger partial charge in [0, 0.05) is 7.11 Å². The van der Waals surface area contributed by atoms with E-state index < -0.39 is 12.1 Å². The molecular formula is C12H16O4. The van der Waals surface area contributed by atoms with Gasteiger partial charge in [-0.3, -0.25) is 0 Å². The Morgan fingerprint density at radius 2 is 1.81 bits per heavy atom. The molecular weight excluding hydrogens is 208 g/mol. The van der Waals surface area contributed by atoms with Crippen LogP contribution in [-0.2, 0) is 9.53 Å². The Kier molecular flexibility index (Phi) is 4.31. The first-order valence-electron chi connectivity index (χ1n) is 5.06. The zero-order valence-corrected chi connectivity index (χ0v) is 9.64. The highest BCUT2D eigenvalue weighted by atomic mass is 16.5. The molecule has 4 heteroatoms. The number of hydrogen-bond donors (Lipinski definition) is 1. The second kappa shape index (κ2) is 5.51. The van der Waals surface area contributed by atoms with E-state index >= 15 is 0 Å². The highest BCUT2D eigenvalue weighted by Gasteiger charge is 2.18. The van der Waals surface area contributed by atoms with Gasteiger partial charge < -0.3 is 14.6 Å². The topological polar surface area (TPSA) is 55.8 Å². The number of carbonyl (C=O) groups is 1. The first-order chi connectivity index (χ1) is 7.54. The number of aliphatic carboxylic acids is 1. The summed E-state index contributed by atoms with van der Waals surface area (Å²) >= 11 is 0. The van der Waals surface area contributed by atoms with E-state index in [1.165, 1.54) is 7.11 Å². The van der Waals surface area contributed by atoms with Crippen molar-refractivity contribution in [1.82, 2.24) is 0 Å². The van der Waals surface area contributed by atoms with Crippen LogP contribution in [0.4, 0.5) is 0 Å². The fraction of sp³-hybridized carbons (Fsp3) is 0.417. The molecule has 0 spiro atoms. The van der Waals surface area contributed by atoms with E-state index in [0.29, 0.717) is 5.56 Å². The fourth-order valence-corrected chi connectivity index (χ4v) is 1.37. The fourth-order valence-electron chi connectivity index (χ4n) is 1.37. The molecule has 1 aromatic carbocycles. The summed E-state index contributed by atoms with van der Waals surface area (Å²) in [5, 5.41) is 8.89. The summed E-state index contributed by atoms with van der Waals surface area (Å²) in [7, 11) is 1.37. The van der Waals surface area contributed by atoms with Crippen LogP contribution in [-0.4, -0.2) is 24.3 Å². The van der Waals surface area contributed by atoms with E-state index in [9.17, 15) is 4.79 Å². The molecule has 0 amide bonds. The third-order valence-electron chi connectivity index (χ3n) is 2.01. The van der Waals surface area contributed by atoms with Crippen LogP contribution < -0.4 is 4.74 Å². The van der Waals surface area contributed by atoms with Gasteiger partial charge in [0.1, 0.15) is 5.75 Å². The summed E-state index contributed by atoms with van der Waals surface area (Å²) in [5.41, 5.74) is 0.603. The summed E-state index contributed by atoms with van der Waals surface area (Å²) in [6, 6.07) is 6.87. The minimum atomic E-state index is -1.000. The van der Waals surface area contributed by atoms with Crippen molar-refractivity contribution in [1.29, 1.82) is 0 Å². The lowest BCUT2D eigenvalue weighted by atomic mass is 10.1. The number of ether oxygens (including phenoxy) is 2. The van der Waals surface area contributed by atoms with Gasteiger partial charge in [-0.05, 0) is 31.5 Å². The van der Waals surface area contributed by atoms with E-state index in [1.807, 2.05) is 13.8 Å². The summed E-state index contributed by atoms with van der Waals surface area (Å²) in [4.78, 5) is 10.8. The lowest BCUT2D eigenvalue weighted by Crippen LogP contribution is -2.13. The smallest absolute Gasteiger partial charge is 0.337 e. The molecule has 1 unspecified atom stereocenters. The van der Waals surface area contributed by atoms with Crippen LogP contribution in [0.5, 0.6) is 5.75 Å². The van der Waals surface area contributed by atoms with Crippen molar-refractivity contribution in [3.05, 3.63) is 29.8 Å². The van der Waals surface area contributed by atoms with Crippen LogP contribution in [0.15, 0.2) is 24.3 Å². The highest BCUT2D eigenvalue weighted by Crippen LogP contribution is 2.21. The minimum absolute atomic E-state index is 0.101. The number of carboxylic acids is 1. The van der Waals surface area contributed by atoms with Crippen molar-refractivity contribution in [3.63, 3.8) is 0 Å². The summed E-state index contributed by atoms with van der Waals surface area (Å²) < 4.78 is 10.3. The Morgan fingerprint density at radius 1 is 1.25 bits per heavy atom. The average Bonchev–Trinajstić information content (AvgIpc) is 2.20. The van der Waals surface area contributed by atoms with Gasteiger partial charge in [0.25, 0.3) is 0 Å². The van der Waals surface area contributed by atoms with Crippen LogP contribution in [0.2, 0.25) is 0 Å². The van der Waals surface area contributed by atoms with E-state index in [0.717, 1.165) is 5.75 Å². The molecule has 0 radical (unpaired) electrons. The quantitative estimate of drug-likeness (QED) is 0.833. The van der Waals surface area contributed by atoms with E-state index in [-0.39, 0.29) is 6.10 Å². The Bertz CT molecular complexity index is 343. The maximum absolute atomic E-state index is 10.8. The third kappa shape index (κ3) is 3.24. The van der Waals surface area contributed by atoms with Gasteiger partial charge in [0.15, 0.2) is 6.10 Å². The zero-order chi connectivity index (χ0) is 12.1. The molecule has 0 saturated carbocycles. The van der Waals surface area contributed by atoms with Crippen molar-refractivity contribution in [2.75, 3.05) is 7.11 Å². The van der Waals surface area contributed by atoms with E-state index in [4.69, 9.17) is 14.6 Å². The molecule has 4 nitrogen and oxygen atoms in total. The lowest BCUT2D eigenvalue weighted by Gasteiger charge is -2.13. The Morgan fingerprint density at radius 3 is 2.19 bits per heavy atom. The number of hydrogen-bond acceptors (Lipinski definition) is 3. The van der Waals surface area contributed by atoms with Crippen LogP contribution in [0.25, 0.3) is 0 Å². The van der Waals surface area contributed by atoms with Gasteiger partial charge in [-0.15, -0.1) is 0 Å². The van der Waals surface area contributed by atoms with Gasteiger partial charge in [-0.2, -0.15) is 0 Å². The molecule has 0 aliphatic rings. The van der Waals surface area contributed by atoms with Gasteiger partial charge in [-0.1, -0.05) is 12.1 Å². The van der Waals surface area contributed by atoms with Crippen molar-refractivity contribution in [2.24, 2.45) is 0 Å². The standard InChI is InChI=1S/C12H16O4/c1-8(2)16-10-6-4-9(5-7-10)11(15-3)12(13)14/h4-8,11H,1-3H3,(H,13,14). The van der Waals surface area contributed by atoms with Crippen LogP contribution in [0.1, 0.15) is 25.5 Å². The van der Waals surface area contributed by atoms with Crippen molar-refractivity contribution >= 4 is 5.97 Å². The largest absolute Gasteiger partial charge is 0.491 e. The normalized spacial score (nSPS) is 12.5.